The fourth-order valence-electron chi connectivity index (χ4n) is 8.30. The topological polar surface area (TPSA) is 307 Å². The Labute approximate surface area is 380 Å². The first-order valence-corrected chi connectivity index (χ1v) is 21.5. The Morgan fingerprint density at radius 2 is 1.51 bits per heavy atom. The molecule has 1 amide bonds. The number of aliphatic hydroxyl groups excluding tert-OH is 6. The molecule has 3 aromatic carbocycles. The van der Waals surface area contributed by atoms with Crippen LogP contribution in [0.25, 0.3) is 44.7 Å². The van der Waals surface area contributed by atoms with E-state index in [4.69, 9.17) is 18.6 Å². The fraction of sp³-hybridized carbons (Fsp3) is 0.295. The van der Waals surface area contributed by atoms with E-state index in [1.807, 2.05) is 0 Å². The number of carbonyl (C=O) groups excluding carboxylic acids is 2. The second kappa shape index (κ2) is 18.9. The summed E-state index contributed by atoms with van der Waals surface area (Å²) in [6, 6.07) is 16.0. The van der Waals surface area contributed by atoms with Crippen molar-refractivity contribution in [2.75, 3.05) is 13.2 Å². The van der Waals surface area contributed by atoms with Crippen molar-refractivity contribution in [2.45, 2.75) is 66.1 Å². The molecule has 21 nitrogen and oxygen atoms in total. The molecule has 5 unspecified atom stereocenters. The lowest BCUT2D eigenvalue weighted by atomic mass is 9.92. The Hall–Kier alpha value is -6.67. The van der Waals surface area contributed by atoms with E-state index in [1.165, 1.54) is 71.7 Å². The van der Waals surface area contributed by atoms with Crippen LogP contribution in [-0.4, -0.2) is 139 Å². The van der Waals surface area contributed by atoms with E-state index in [0.29, 0.717) is 27.6 Å². The Kier molecular flexibility index (Phi) is 12.8. The van der Waals surface area contributed by atoms with Gasteiger partial charge in [-0.15, -0.1) is 10.2 Å². The van der Waals surface area contributed by atoms with Crippen molar-refractivity contribution >= 4 is 35.1 Å². The maximum atomic E-state index is 13.9. The van der Waals surface area contributed by atoms with E-state index in [1.54, 1.807) is 24.3 Å². The molecule has 8 N–H and O–H groups in total. The number of ether oxygens (including phenoxy) is 3. The van der Waals surface area contributed by atoms with Gasteiger partial charge in [0.15, 0.2) is 5.43 Å². The molecule has 2 aromatic heterocycles. The quantitative estimate of drug-likeness (QED) is 0.0593. The zero-order valence-electron chi connectivity index (χ0n) is 34.6. The molecule has 3 aliphatic heterocycles. The minimum Gasteiger partial charge on any atom is -0.508 e. The Bertz CT molecular complexity index is 2970. The normalized spacial score (nSPS) is 25.3. The minimum absolute atomic E-state index is 0.00634. The molecule has 10 atom stereocenters. The molecule has 0 radical (unpaired) electrons. The lowest BCUT2D eigenvalue weighted by Crippen LogP contribution is -2.58. The molecular formula is C44H40FN7O14S. The number of phenols is 1. The molecule has 2 fully saturated rings. The second-order valence-corrected chi connectivity index (χ2v) is 16.9. The summed E-state index contributed by atoms with van der Waals surface area (Å²) in [6.07, 6.45) is -6.05. The lowest BCUT2D eigenvalue weighted by molar-refractivity contribution is -0.189. The summed E-state index contributed by atoms with van der Waals surface area (Å²) in [5.74, 6) is -1.02. The molecule has 23 heteroatoms. The molecule has 9 rings (SSSR count). The predicted octanol–water partition coefficient (Wildman–Crippen LogP) is 1.12. The summed E-state index contributed by atoms with van der Waals surface area (Å²) in [7, 11) is 0. The highest BCUT2D eigenvalue weighted by Gasteiger charge is 2.51. The van der Waals surface area contributed by atoms with E-state index < -0.39 is 84.5 Å². The van der Waals surface area contributed by atoms with Crippen LogP contribution in [0.3, 0.4) is 0 Å². The largest absolute Gasteiger partial charge is 0.508 e. The monoisotopic (exact) mass is 941 g/mol. The van der Waals surface area contributed by atoms with E-state index >= 15 is 0 Å². The van der Waals surface area contributed by atoms with Crippen molar-refractivity contribution in [1.29, 1.82) is 0 Å². The zero-order chi connectivity index (χ0) is 47.1. The average molecular weight is 942 g/mol. The number of hydrogen-bond acceptors (Lipinski definition) is 19. The van der Waals surface area contributed by atoms with Gasteiger partial charge in [-0.05, 0) is 54.6 Å². The van der Waals surface area contributed by atoms with Crippen molar-refractivity contribution in [3.05, 3.63) is 119 Å². The Morgan fingerprint density at radius 1 is 0.821 bits per heavy atom. The maximum Gasteiger partial charge on any atom is 0.298 e. The number of nitrogens with one attached hydrogen (secondary N) is 1. The Balaban J connectivity index is 0.914. The zero-order valence-corrected chi connectivity index (χ0v) is 35.4. The molecule has 4 aliphatic rings. The number of hydrogen-bond donors (Lipinski definition) is 8. The first kappa shape index (κ1) is 45.5. The number of fused-ring (bicyclic) bond motifs is 2. The summed E-state index contributed by atoms with van der Waals surface area (Å²) < 4.78 is 39.3. The van der Waals surface area contributed by atoms with E-state index in [9.17, 15) is 54.5 Å². The van der Waals surface area contributed by atoms with Gasteiger partial charge in [0.1, 0.15) is 99.6 Å². The molecule has 0 bridgehead atoms. The molecule has 1 aliphatic carbocycles. The van der Waals surface area contributed by atoms with Crippen molar-refractivity contribution in [3.8, 4) is 45.2 Å². The van der Waals surface area contributed by atoms with Crippen LogP contribution in [-0.2, 0) is 20.8 Å². The third-order valence-corrected chi connectivity index (χ3v) is 12.9. The van der Waals surface area contributed by atoms with E-state index in [0.717, 1.165) is 16.4 Å². The third-order valence-electron chi connectivity index (χ3n) is 11.6. The van der Waals surface area contributed by atoms with Crippen molar-refractivity contribution in [2.24, 2.45) is 0 Å². The van der Waals surface area contributed by atoms with Gasteiger partial charge in [-0.1, -0.05) is 34.3 Å². The molecule has 0 spiro atoms. The summed E-state index contributed by atoms with van der Waals surface area (Å²) in [5.41, 5.74) is -0.478. The van der Waals surface area contributed by atoms with Crippen molar-refractivity contribution in [1.82, 2.24) is 35.3 Å². The first-order chi connectivity index (χ1) is 32.3. The number of nitrogens with zero attached hydrogens (tertiary/aromatic N) is 6. The van der Waals surface area contributed by atoms with Crippen LogP contribution < -0.4 is 15.5 Å². The molecule has 348 valence electrons. The van der Waals surface area contributed by atoms with Gasteiger partial charge in [-0.2, -0.15) is 0 Å². The van der Waals surface area contributed by atoms with E-state index in [2.05, 4.69) is 25.9 Å². The van der Waals surface area contributed by atoms with Crippen molar-refractivity contribution in [3.63, 3.8) is 0 Å². The summed E-state index contributed by atoms with van der Waals surface area (Å²) in [4.78, 5) is 37.5. The number of benzene rings is 4. The SMILES string of the molecule is O=COc1cc(C(=O)NCc2cn(C3C(O)[C@@H](CO)OC(S[C@@H]4OC(CO)[C@H](O)[C@H](n5cc(-c6cccc(F)c6)nn5)C4O)[C@@H]3O)nn2)ccc1-c1c2ccc(=O)cc-2oc2cc(O)ccc12. The number of phenolic OH excluding ortho intramolecular Hbond substituents is 1. The molecular weight excluding hydrogens is 902 g/mol. The lowest BCUT2D eigenvalue weighted by Gasteiger charge is -2.46. The number of amides is 1. The fourth-order valence-corrected chi connectivity index (χ4v) is 9.62. The van der Waals surface area contributed by atoms with Crippen LogP contribution in [0.4, 0.5) is 4.39 Å². The number of thioether (sulfide) groups is 1. The highest BCUT2D eigenvalue weighted by Crippen LogP contribution is 2.45. The highest BCUT2D eigenvalue weighted by atomic mass is 32.2. The Morgan fingerprint density at radius 3 is 2.19 bits per heavy atom. The number of rotatable bonds is 13. The predicted molar refractivity (Wildman–Crippen MR) is 231 cm³/mol. The average Bonchev–Trinajstić information content (AvgIpc) is 4.00. The van der Waals surface area contributed by atoms with Crippen LogP contribution >= 0.6 is 11.8 Å². The van der Waals surface area contributed by atoms with Gasteiger partial charge in [0.2, 0.25) is 0 Å². The minimum atomic E-state index is -1.61. The van der Waals surface area contributed by atoms with Gasteiger partial charge in [0.05, 0.1) is 32.2 Å². The number of carbonyl (C=O) groups is 2. The summed E-state index contributed by atoms with van der Waals surface area (Å²) in [5, 5.41) is 95.6. The van der Waals surface area contributed by atoms with Crippen molar-refractivity contribution < 1.29 is 68.4 Å². The van der Waals surface area contributed by atoms with Gasteiger partial charge < -0.3 is 59.7 Å². The van der Waals surface area contributed by atoms with Crippen LogP contribution in [0.2, 0.25) is 0 Å². The second-order valence-electron chi connectivity index (χ2n) is 15.7. The summed E-state index contributed by atoms with van der Waals surface area (Å²) in [6.45, 7) is -1.41. The number of aliphatic hydroxyl groups is 6. The van der Waals surface area contributed by atoms with Crippen LogP contribution in [0, 0.1) is 5.82 Å². The maximum absolute atomic E-state index is 13.9. The number of aromatic hydroxyl groups is 1. The highest BCUT2D eigenvalue weighted by molar-refractivity contribution is 8.00. The first-order valence-electron chi connectivity index (χ1n) is 20.6. The van der Waals surface area contributed by atoms with Gasteiger partial charge in [-0.25, -0.2) is 13.8 Å². The van der Waals surface area contributed by atoms with Crippen LogP contribution in [0.5, 0.6) is 11.5 Å². The number of aromatic nitrogens is 6. The molecule has 2 saturated heterocycles. The summed E-state index contributed by atoms with van der Waals surface area (Å²) >= 11 is 0.749. The molecule has 5 heterocycles. The number of halogens is 1. The van der Waals surface area contributed by atoms with Gasteiger partial charge in [0, 0.05) is 45.3 Å². The third kappa shape index (κ3) is 8.86. The molecule has 67 heavy (non-hydrogen) atoms. The van der Waals surface area contributed by atoms with Crippen LogP contribution in [0.1, 0.15) is 28.1 Å². The molecule has 5 aromatic rings. The van der Waals surface area contributed by atoms with Gasteiger partial charge in [-0.3, -0.25) is 14.4 Å². The molecule has 0 saturated carbocycles. The van der Waals surface area contributed by atoms with Gasteiger partial charge >= 0.3 is 0 Å². The standard InChI is InChI=1S/C44H40FN7O14S/c45-22-3-1-2-20(10-22)29-16-52(50-48-29)37-39(59)34(18-54)66-44(41(37)61)67-43-40(60)36(38(58)33(17-53)65-43)51-15-23(47-49-51)14-46-42(62)21-4-7-26(30(11-21)63-19-55)35-27-8-5-24(56)12-31(27)64-32-13-25(57)6-9-28(32)35/h1-13,15-16,19,33-34,36-41,43-44,53-54,56,58-61H,14,17-18H2,(H,46,62)/t33-,34?,36?,37+,38?,39+,40-,41?,43?,44+/m1/s1. The smallest absolute Gasteiger partial charge is 0.298 e. The van der Waals surface area contributed by atoms with Crippen LogP contribution in [0.15, 0.2) is 100 Å². The van der Waals surface area contributed by atoms with Gasteiger partial charge in [0.25, 0.3) is 12.4 Å². The van der Waals surface area contributed by atoms with E-state index in [-0.39, 0.29) is 58.2 Å².